The number of ether oxygens (including phenoxy) is 10. The normalized spacial score (nSPS) is 26.9. The van der Waals surface area contributed by atoms with Gasteiger partial charge < -0.3 is 52.5 Å². The summed E-state index contributed by atoms with van der Waals surface area (Å²) in [5.74, 6) is 0. The van der Waals surface area contributed by atoms with Gasteiger partial charge in [-0.15, -0.1) is 6.58 Å². The highest BCUT2D eigenvalue weighted by Crippen LogP contribution is 2.37. The Balaban J connectivity index is 1.22. The lowest BCUT2D eigenvalue weighted by atomic mass is 9.95. The Bertz CT molecular complexity index is 2420. The lowest BCUT2D eigenvalue weighted by molar-refractivity contribution is -0.376. The summed E-state index contributed by atoms with van der Waals surface area (Å²) in [6.07, 6.45) is -9.74. The standard InChI is InChI=1S/C57H62O11/c1-2-33-60-56-54(64-39-46-29-17-7-18-30-46)53(63-38-45-27-15-6-16-28-45)51(49(67-56)41-59-35-42-21-9-3-10-22-42)68-57-55(65-40-47-31-19-8-20-32-47)52(62-37-44-25-13-5-14-26-44)50(48(34-58)66-57)61-36-43-23-11-4-12-24-43/h2-32,48-58H,1,33-41H2/t48-,49-,50-,51-,52+,53+,54-,55-,56?,57?/m1/s1/i36D,37D,40D/t36?,37?,40?,48-,49-,50-,51-,52+,53+,54-,55-,56?,57?. The van der Waals surface area contributed by atoms with E-state index in [9.17, 15) is 9.22 Å². The molecule has 11 heteroatoms. The van der Waals surface area contributed by atoms with Gasteiger partial charge in [-0.1, -0.05) is 188 Å². The van der Waals surface area contributed by atoms with E-state index in [1.807, 2.05) is 121 Å². The Hall–Kier alpha value is -5.38. The topological polar surface area (TPSA) is 113 Å². The molecule has 6 aromatic carbocycles. The summed E-state index contributed by atoms with van der Waals surface area (Å²) in [6, 6.07) is 56.1. The van der Waals surface area contributed by atoms with Crippen molar-refractivity contribution in [3.63, 3.8) is 0 Å². The predicted octanol–water partition coefficient (Wildman–Crippen LogP) is 9.16. The second-order valence-corrected chi connectivity index (χ2v) is 16.4. The first kappa shape index (κ1) is 45.1. The lowest BCUT2D eigenvalue weighted by Crippen LogP contribution is -2.66. The second kappa shape index (κ2) is 26.4. The number of rotatable bonds is 25. The zero-order valence-corrected chi connectivity index (χ0v) is 37.9. The van der Waals surface area contributed by atoms with Crippen LogP contribution in [0.3, 0.4) is 0 Å². The minimum absolute atomic E-state index is 0.0110. The third-order valence-corrected chi connectivity index (χ3v) is 11.5. The molecular weight excluding hydrogens is 861 g/mol. The second-order valence-electron chi connectivity index (χ2n) is 16.4. The first-order valence-corrected chi connectivity index (χ1v) is 23.0. The largest absolute Gasteiger partial charge is 0.394 e. The van der Waals surface area contributed by atoms with Gasteiger partial charge in [0, 0.05) is 0 Å². The van der Waals surface area contributed by atoms with Crippen molar-refractivity contribution in [1.82, 2.24) is 0 Å². The fourth-order valence-corrected chi connectivity index (χ4v) is 8.06. The SMILES string of the molecule is [2H]C(O[C@H]1[C@H](OC([2H])c2ccccc2)[C@@H](OC([2H])c2ccccc2)C(O[C@H]2[C@H](OCc3ccccc3)[C@@H](OCc3ccccc3)C(OCC=C)O[C@@H]2COCc2ccccc2)O[C@@H]1CO)c1ccccc1. The molecule has 8 rings (SSSR count). The maximum Gasteiger partial charge on any atom is 0.187 e. The summed E-state index contributed by atoms with van der Waals surface area (Å²) >= 11 is 0. The van der Waals surface area contributed by atoms with Crippen molar-refractivity contribution in [3.05, 3.63) is 228 Å². The van der Waals surface area contributed by atoms with Gasteiger partial charge in [-0.25, -0.2) is 0 Å². The van der Waals surface area contributed by atoms with E-state index in [4.69, 9.17) is 47.4 Å². The number of hydrogen-bond donors (Lipinski definition) is 1. The van der Waals surface area contributed by atoms with Crippen molar-refractivity contribution in [3.8, 4) is 0 Å². The van der Waals surface area contributed by atoms with E-state index in [0.717, 1.165) is 16.7 Å². The summed E-state index contributed by atoms with van der Waals surface area (Å²) < 4.78 is 95.3. The Morgan fingerprint density at radius 2 is 0.809 bits per heavy atom. The quantitative estimate of drug-likeness (QED) is 0.0555. The van der Waals surface area contributed by atoms with E-state index >= 15 is 0 Å². The van der Waals surface area contributed by atoms with Crippen LogP contribution in [0.5, 0.6) is 0 Å². The molecule has 0 bridgehead atoms. The molecule has 11 nitrogen and oxygen atoms in total. The Kier molecular flexibility index (Phi) is 17.5. The van der Waals surface area contributed by atoms with Crippen LogP contribution in [-0.2, 0) is 86.9 Å². The van der Waals surface area contributed by atoms with E-state index in [2.05, 4.69) is 6.58 Å². The Morgan fingerprint density at radius 3 is 1.28 bits per heavy atom. The molecule has 13 atom stereocenters. The van der Waals surface area contributed by atoms with Gasteiger partial charge in [-0.3, -0.25) is 0 Å². The van der Waals surface area contributed by atoms with Crippen LogP contribution in [0.15, 0.2) is 195 Å². The molecular formula is C57H62O11. The van der Waals surface area contributed by atoms with Crippen LogP contribution in [0.2, 0.25) is 0 Å². The van der Waals surface area contributed by atoms with Crippen LogP contribution in [0.25, 0.3) is 0 Å². The van der Waals surface area contributed by atoms with Crippen molar-refractivity contribution in [2.24, 2.45) is 0 Å². The highest BCUT2D eigenvalue weighted by molar-refractivity contribution is 5.18. The van der Waals surface area contributed by atoms with Gasteiger partial charge in [-0.05, 0) is 33.4 Å². The third-order valence-electron chi connectivity index (χ3n) is 11.5. The Morgan fingerprint density at radius 1 is 0.426 bits per heavy atom. The van der Waals surface area contributed by atoms with Crippen LogP contribution >= 0.6 is 0 Å². The van der Waals surface area contributed by atoms with Gasteiger partial charge in [0.1, 0.15) is 48.8 Å². The van der Waals surface area contributed by atoms with Crippen molar-refractivity contribution < 1.29 is 56.6 Å². The average molecular weight is 926 g/mol. The van der Waals surface area contributed by atoms with E-state index < -0.39 is 87.8 Å². The minimum atomic E-state index is -1.45. The zero-order valence-electron chi connectivity index (χ0n) is 40.9. The van der Waals surface area contributed by atoms with Gasteiger partial charge >= 0.3 is 0 Å². The van der Waals surface area contributed by atoms with Crippen molar-refractivity contribution in [2.75, 3.05) is 19.8 Å². The van der Waals surface area contributed by atoms with E-state index in [-0.39, 0.29) is 33.0 Å². The van der Waals surface area contributed by atoms with Gasteiger partial charge in [0.2, 0.25) is 0 Å². The predicted molar refractivity (Wildman–Crippen MR) is 257 cm³/mol. The molecule has 0 radical (unpaired) electrons. The van der Waals surface area contributed by atoms with Gasteiger partial charge in [0.05, 0.1) is 63.5 Å². The van der Waals surface area contributed by atoms with E-state index in [1.165, 1.54) is 0 Å². The number of hydrogen-bond acceptors (Lipinski definition) is 11. The zero-order chi connectivity index (χ0) is 49.2. The number of benzene rings is 6. The molecule has 0 spiro atoms. The molecule has 1 N–H and O–H groups in total. The maximum atomic E-state index is 11.2. The molecule has 68 heavy (non-hydrogen) atoms. The molecule has 0 aromatic heterocycles. The smallest absolute Gasteiger partial charge is 0.187 e. The first-order chi connectivity index (χ1) is 34.9. The maximum absolute atomic E-state index is 11.2. The molecule has 356 valence electrons. The molecule has 2 saturated heterocycles. The van der Waals surface area contributed by atoms with Gasteiger partial charge in [0.25, 0.3) is 0 Å². The van der Waals surface area contributed by atoms with E-state index in [0.29, 0.717) is 16.7 Å². The molecule has 2 aliphatic rings. The fourth-order valence-electron chi connectivity index (χ4n) is 8.06. The summed E-state index contributed by atoms with van der Waals surface area (Å²) in [5.41, 5.74) is 4.31. The summed E-state index contributed by atoms with van der Waals surface area (Å²) in [4.78, 5) is 0. The Labute approximate surface area is 404 Å². The lowest BCUT2D eigenvalue weighted by Gasteiger charge is -2.50. The highest BCUT2D eigenvalue weighted by Gasteiger charge is 2.54. The fraction of sp³-hybridized carbons (Fsp3) is 0.333. The monoisotopic (exact) mass is 925 g/mol. The molecule has 0 aliphatic carbocycles. The van der Waals surface area contributed by atoms with Crippen LogP contribution in [0.1, 0.15) is 37.5 Å². The summed E-state index contributed by atoms with van der Waals surface area (Å²) in [5, 5.41) is 11.2. The molecule has 6 aromatic rings. The molecule has 0 amide bonds. The number of aliphatic hydroxyl groups excluding tert-OH is 1. The van der Waals surface area contributed by atoms with Crippen molar-refractivity contribution in [2.45, 2.75) is 101 Å². The minimum Gasteiger partial charge on any atom is -0.394 e. The molecule has 2 aliphatic heterocycles. The van der Waals surface area contributed by atoms with E-state index in [1.54, 1.807) is 66.7 Å². The average Bonchev–Trinajstić information content (AvgIpc) is 3.42. The molecule has 5 unspecified atom stereocenters. The highest BCUT2D eigenvalue weighted by atomic mass is 16.8. The van der Waals surface area contributed by atoms with Gasteiger partial charge in [0.15, 0.2) is 12.6 Å². The molecule has 2 heterocycles. The summed E-state index contributed by atoms with van der Waals surface area (Å²) in [7, 11) is 0. The van der Waals surface area contributed by atoms with Crippen LogP contribution < -0.4 is 0 Å². The third kappa shape index (κ3) is 14.1. The van der Waals surface area contributed by atoms with Crippen molar-refractivity contribution >= 4 is 0 Å². The summed E-state index contributed by atoms with van der Waals surface area (Å²) in [6.45, 7) is 0.0600. The first-order valence-electron chi connectivity index (χ1n) is 24.7. The molecule has 2 fully saturated rings. The van der Waals surface area contributed by atoms with Crippen LogP contribution in [0, 0.1) is 0 Å². The number of aliphatic hydroxyl groups is 1. The van der Waals surface area contributed by atoms with Gasteiger partial charge in [-0.2, -0.15) is 0 Å². The molecule has 0 saturated carbocycles. The van der Waals surface area contributed by atoms with Crippen molar-refractivity contribution in [1.29, 1.82) is 0 Å². The van der Waals surface area contributed by atoms with Crippen LogP contribution in [-0.4, -0.2) is 86.3 Å². The van der Waals surface area contributed by atoms with Crippen LogP contribution in [0.4, 0.5) is 0 Å².